The quantitative estimate of drug-likeness (QED) is 0.368. The lowest BCUT2D eigenvalue weighted by atomic mass is 9.93. The fourth-order valence-electron chi connectivity index (χ4n) is 4.39. The number of para-hydroxylation sites is 1. The zero-order chi connectivity index (χ0) is 23.3. The van der Waals surface area contributed by atoms with Gasteiger partial charge in [-0.1, -0.05) is 29.8 Å². The number of nitrogens with zero attached hydrogens (tertiary/aromatic N) is 1. The summed E-state index contributed by atoms with van der Waals surface area (Å²) in [5, 5.41) is 7.12. The van der Waals surface area contributed by atoms with Gasteiger partial charge in [0.2, 0.25) is 0 Å². The standard InChI is InChI=1S/C25H19ClN4O4/c26-18-10-15(34-14-4-2-1-3-5-14)6-7-16(18)22(31)17-11-27-23-20(17)21-19(12-28-23)29-24(32)25(30-21)8-9-33-13-25/h1-7,10-12,30H,8-9,13H2,(H,27,28)(H,29,32)/t25-/m0/s1. The first-order chi connectivity index (χ1) is 16.5. The first-order valence-electron chi connectivity index (χ1n) is 10.8. The fourth-order valence-corrected chi connectivity index (χ4v) is 4.65. The Bertz CT molecular complexity index is 1440. The summed E-state index contributed by atoms with van der Waals surface area (Å²) in [7, 11) is 0. The molecule has 34 heavy (non-hydrogen) atoms. The van der Waals surface area contributed by atoms with Crippen LogP contribution in [0.4, 0.5) is 11.4 Å². The maximum Gasteiger partial charge on any atom is 0.252 e. The van der Waals surface area contributed by atoms with E-state index in [9.17, 15) is 9.59 Å². The summed E-state index contributed by atoms with van der Waals surface area (Å²) in [4.78, 5) is 33.7. The summed E-state index contributed by atoms with van der Waals surface area (Å²) in [6.45, 7) is 0.737. The molecule has 8 nitrogen and oxygen atoms in total. The number of aromatic nitrogens is 2. The molecule has 0 radical (unpaired) electrons. The minimum atomic E-state index is -0.868. The fraction of sp³-hybridized carbons (Fsp3) is 0.160. The number of rotatable bonds is 4. The molecule has 2 aliphatic rings. The number of carbonyl (C=O) groups is 2. The molecule has 4 heterocycles. The molecule has 1 spiro atoms. The molecule has 0 bridgehead atoms. The van der Waals surface area contributed by atoms with Gasteiger partial charge in [0.15, 0.2) is 5.78 Å². The summed E-state index contributed by atoms with van der Waals surface area (Å²) >= 11 is 6.50. The molecule has 3 N–H and O–H groups in total. The number of nitrogens with one attached hydrogen (secondary N) is 3. The van der Waals surface area contributed by atoms with Crippen LogP contribution in [0.1, 0.15) is 22.3 Å². The van der Waals surface area contributed by atoms with Crippen molar-refractivity contribution in [3.05, 3.63) is 77.1 Å². The third-order valence-electron chi connectivity index (χ3n) is 6.18. The Morgan fingerprint density at radius 3 is 2.74 bits per heavy atom. The van der Waals surface area contributed by atoms with Crippen molar-refractivity contribution in [2.24, 2.45) is 0 Å². The number of carbonyl (C=O) groups excluding carboxylic acids is 2. The lowest BCUT2D eigenvalue weighted by Gasteiger charge is -2.34. The predicted molar refractivity (Wildman–Crippen MR) is 128 cm³/mol. The molecule has 170 valence electrons. The zero-order valence-electron chi connectivity index (χ0n) is 17.9. The summed E-state index contributed by atoms with van der Waals surface area (Å²) in [6, 6.07) is 14.3. The zero-order valence-corrected chi connectivity index (χ0v) is 18.6. The number of halogens is 1. The molecular weight excluding hydrogens is 456 g/mol. The molecule has 1 saturated heterocycles. The Hall–Kier alpha value is -3.88. The Balaban J connectivity index is 1.38. The molecule has 0 unspecified atom stereocenters. The van der Waals surface area contributed by atoms with E-state index < -0.39 is 5.54 Å². The summed E-state index contributed by atoms with van der Waals surface area (Å²) in [5.74, 6) is 0.760. The van der Waals surface area contributed by atoms with E-state index in [1.54, 1.807) is 30.6 Å². The Morgan fingerprint density at radius 1 is 1.12 bits per heavy atom. The summed E-state index contributed by atoms with van der Waals surface area (Å²) in [5.41, 5.74) is 1.55. The number of aromatic amines is 1. The van der Waals surface area contributed by atoms with Crippen molar-refractivity contribution in [2.45, 2.75) is 12.0 Å². The molecular formula is C25H19ClN4O4. The van der Waals surface area contributed by atoms with Crippen LogP contribution >= 0.6 is 11.6 Å². The van der Waals surface area contributed by atoms with Crippen molar-refractivity contribution < 1.29 is 19.1 Å². The first kappa shape index (κ1) is 20.7. The van der Waals surface area contributed by atoms with Crippen LogP contribution in [0.25, 0.3) is 11.0 Å². The van der Waals surface area contributed by atoms with Crippen LogP contribution in [0.2, 0.25) is 5.02 Å². The van der Waals surface area contributed by atoms with Gasteiger partial charge in [-0.25, -0.2) is 4.98 Å². The molecule has 6 rings (SSSR count). The van der Waals surface area contributed by atoms with Gasteiger partial charge in [-0.2, -0.15) is 0 Å². The van der Waals surface area contributed by atoms with Gasteiger partial charge in [0, 0.05) is 30.9 Å². The SMILES string of the molecule is O=C(c1ccc(Oc2ccccc2)cc1Cl)c1c[nH]c2ncc3c(c12)N[C@]1(CCOC1)C(=O)N3. The molecule has 2 aliphatic heterocycles. The van der Waals surface area contributed by atoms with Crippen LogP contribution in [0, 0.1) is 0 Å². The Labute approximate surface area is 199 Å². The first-order valence-corrected chi connectivity index (χ1v) is 11.2. The second-order valence-corrected chi connectivity index (χ2v) is 8.73. The maximum atomic E-state index is 13.6. The van der Waals surface area contributed by atoms with E-state index in [1.165, 1.54) is 0 Å². The largest absolute Gasteiger partial charge is 0.457 e. The highest BCUT2D eigenvalue weighted by atomic mass is 35.5. The van der Waals surface area contributed by atoms with E-state index >= 15 is 0 Å². The average Bonchev–Trinajstić information content (AvgIpc) is 3.49. The lowest BCUT2D eigenvalue weighted by molar-refractivity contribution is -0.120. The van der Waals surface area contributed by atoms with Crippen LogP contribution in [0.5, 0.6) is 11.5 Å². The molecule has 9 heteroatoms. The van der Waals surface area contributed by atoms with Crippen molar-refractivity contribution in [1.82, 2.24) is 9.97 Å². The average molecular weight is 475 g/mol. The molecule has 1 fully saturated rings. The second kappa shape index (κ2) is 7.86. The summed E-state index contributed by atoms with van der Waals surface area (Å²) < 4.78 is 11.3. The van der Waals surface area contributed by atoms with Crippen LogP contribution in [-0.2, 0) is 9.53 Å². The van der Waals surface area contributed by atoms with Crippen molar-refractivity contribution in [3.63, 3.8) is 0 Å². The van der Waals surface area contributed by atoms with Crippen molar-refractivity contribution in [3.8, 4) is 11.5 Å². The lowest BCUT2D eigenvalue weighted by Crippen LogP contribution is -2.53. The van der Waals surface area contributed by atoms with E-state index in [0.29, 0.717) is 58.1 Å². The topological polar surface area (TPSA) is 105 Å². The number of ketones is 1. The minimum absolute atomic E-state index is 0.167. The third-order valence-corrected chi connectivity index (χ3v) is 6.49. The predicted octanol–water partition coefficient (Wildman–Crippen LogP) is 4.76. The highest BCUT2D eigenvalue weighted by molar-refractivity contribution is 6.36. The third kappa shape index (κ3) is 3.30. The summed E-state index contributed by atoms with van der Waals surface area (Å²) in [6.07, 6.45) is 3.71. The molecule has 1 amide bonds. The number of fused-ring (bicyclic) bond motifs is 3. The molecule has 0 saturated carbocycles. The molecule has 0 aliphatic carbocycles. The van der Waals surface area contributed by atoms with Crippen LogP contribution in [0.15, 0.2) is 60.9 Å². The van der Waals surface area contributed by atoms with E-state index in [2.05, 4.69) is 20.6 Å². The molecule has 1 atom stereocenters. The number of benzene rings is 2. The highest BCUT2D eigenvalue weighted by Gasteiger charge is 2.46. The Morgan fingerprint density at radius 2 is 1.97 bits per heavy atom. The Kier molecular flexibility index (Phi) is 4.79. The number of anilines is 2. The van der Waals surface area contributed by atoms with Gasteiger partial charge in [-0.05, 0) is 24.3 Å². The van der Waals surface area contributed by atoms with Gasteiger partial charge in [0.25, 0.3) is 5.91 Å². The van der Waals surface area contributed by atoms with E-state index in [-0.39, 0.29) is 23.3 Å². The van der Waals surface area contributed by atoms with Crippen molar-refractivity contribution in [1.29, 1.82) is 0 Å². The van der Waals surface area contributed by atoms with Gasteiger partial charge in [0.1, 0.15) is 22.7 Å². The monoisotopic (exact) mass is 474 g/mol. The van der Waals surface area contributed by atoms with Crippen LogP contribution < -0.4 is 15.4 Å². The number of hydrogen-bond donors (Lipinski definition) is 3. The van der Waals surface area contributed by atoms with Gasteiger partial charge < -0.3 is 25.1 Å². The highest BCUT2D eigenvalue weighted by Crippen LogP contribution is 2.41. The molecule has 2 aromatic heterocycles. The number of amides is 1. The van der Waals surface area contributed by atoms with Gasteiger partial charge in [-0.3, -0.25) is 9.59 Å². The van der Waals surface area contributed by atoms with E-state index in [1.807, 2.05) is 30.3 Å². The maximum absolute atomic E-state index is 13.6. The van der Waals surface area contributed by atoms with Gasteiger partial charge in [0.05, 0.1) is 40.2 Å². The normalized spacial score (nSPS) is 19.0. The van der Waals surface area contributed by atoms with E-state index in [4.69, 9.17) is 21.1 Å². The van der Waals surface area contributed by atoms with Crippen molar-refractivity contribution >= 4 is 45.7 Å². The molecule has 2 aromatic carbocycles. The second-order valence-electron chi connectivity index (χ2n) is 8.32. The number of ether oxygens (including phenoxy) is 2. The number of pyridine rings is 1. The van der Waals surface area contributed by atoms with Crippen LogP contribution in [0.3, 0.4) is 0 Å². The van der Waals surface area contributed by atoms with E-state index in [0.717, 1.165) is 0 Å². The van der Waals surface area contributed by atoms with Crippen LogP contribution in [-0.4, -0.2) is 40.4 Å². The van der Waals surface area contributed by atoms with Crippen molar-refractivity contribution in [2.75, 3.05) is 23.8 Å². The molecule has 4 aromatic rings. The van der Waals surface area contributed by atoms with Gasteiger partial charge in [-0.15, -0.1) is 0 Å². The number of H-pyrrole nitrogens is 1. The van der Waals surface area contributed by atoms with Gasteiger partial charge >= 0.3 is 0 Å². The smallest absolute Gasteiger partial charge is 0.252 e. The number of hydrogen-bond acceptors (Lipinski definition) is 6. The minimum Gasteiger partial charge on any atom is -0.457 e.